The van der Waals surface area contributed by atoms with Crippen LogP contribution in [0.5, 0.6) is 0 Å². The normalized spacial score (nSPS) is 36.4. The number of carbonyl (C=O) groups is 1. The van der Waals surface area contributed by atoms with Crippen molar-refractivity contribution in [2.24, 2.45) is 11.8 Å². The summed E-state index contributed by atoms with van der Waals surface area (Å²) < 4.78 is 0. The molecule has 1 saturated carbocycles. The van der Waals surface area contributed by atoms with Crippen LogP contribution in [0.15, 0.2) is 12.7 Å². The van der Waals surface area contributed by atoms with E-state index in [0.717, 1.165) is 6.42 Å². The molecule has 0 aliphatic heterocycles. The predicted octanol–water partition coefficient (Wildman–Crippen LogP) is 1.40. The Kier molecular flexibility index (Phi) is 1.20. The highest BCUT2D eigenvalue weighted by molar-refractivity contribution is 5.88. The first kappa shape index (κ1) is 5.54. The molecule has 0 aromatic rings. The van der Waals surface area contributed by atoms with Crippen LogP contribution in [0.4, 0.5) is 0 Å². The van der Waals surface area contributed by atoms with Gasteiger partial charge in [-0.25, -0.2) is 0 Å². The van der Waals surface area contributed by atoms with Crippen molar-refractivity contribution < 1.29 is 4.79 Å². The molecule has 0 unspecified atom stereocenters. The molecule has 1 nitrogen and oxygen atoms in total. The molecule has 1 heteroatoms. The Morgan fingerprint density at radius 2 is 2.50 bits per heavy atom. The molecule has 1 aliphatic rings. The molecular formula is C7H10O. The largest absolute Gasteiger partial charge is 0.299 e. The summed E-state index contributed by atoms with van der Waals surface area (Å²) in [5.41, 5.74) is 0. The van der Waals surface area contributed by atoms with Crippen LogP contribution in [0.25, 0.3) is 0 Å². The first-order valence-electron chi connectivity index (χ1n) is 2.91. The fourth-order valence-corrected chi connectivity index (χ4v) is 1.10. The molecule has 0 bridgehead atoms. The minimum atomic E-state index is 0.176. The quantitative estimate of drug-likeness (QED) is 0.466. The Morgan fingerprint density at radius 1 is 1.88 bits per heavy atom. The third kappa shape index (κ3) is 0.585. The van der Waals surface area contributed by atoms with E-state index in [1.165, 1.54) is 0 Å². The summed E-state index contributed by atoms with van der Waals surface area (Å²) >= 11 is 0. The molecule has 1 fully saturated rings. The molecule has 0 aromatic carbocycles. The average molecular weight is 110 g/mol. The van der Waals surface area contributed by atoms with Gasteiger partial charge in [0.25, 0.3) is 0 Å². The van der Waals surface area contributed by atoms with Gasteiger partial charge in [0, 0.05) is 12.3 Å². The highest BCUT2D eigenvalue weighted by Gasteiger charge is 2.33. The molecule has 1 rings (SSSR count). The summed E-state index contributed by atoms with van der Waals surface area (Å²) in [6, 6.07) is 0. The highest BCUT2D eigenvalue weighted by Crippen LogP contribution is 2.30. The molecule has 2 atom stereocenters. The minimum absolute atomic E-state index is 0.176. The number of hydrogen-bond acceptors (Lipinski definition) is 1. The summed E-state index contributed by atoms with van der Waals surface area (Å²) in [5, 5.41) is 0. The van der Waals surface area contributed by atoms with Crippen molar-refractivity contribution in [3.8, 4) is 0 Å². The van der Waals surface area contributed by atoms with Crippen LogP contribution in [0.2, 0.25) is 0 Å². The zero-order valence-corrected chi connectivity index (χ0v) is 5.05. The molecule has 0 aromatic heterocycles. The topological polar surface area (TPSA) is 17.1 Å². The van der Waals surface area contributed by atoms with E-state index in [-0.39, 0.29) is 5.92 Å². The Labute approximate surface area is 49.4 Å². The Bertz CT molecular complexity index is 126. The molecule has 0 N–H and O–H groups in total. The first-order valence-corrected chi connectivity index (χ1v) is 2.91. The van der Waals surface area contributed by atoms with Gasteiger partial charge in [-0.1, -0.05) is 13.0 Å². The third-order valence-electron chi connectivity index (χ3n) is 1.76. The van der Waals surface area contributed by atoms with E-state index in [9.17, 15) is 4.79 Å². The molecule has 0 spiro atoms. The van der Waals surface area contributed by atoms with Gasteiger partial charge in [-0.15, -0.1) is 6.58 Å². The number of ketones is 1. The van der Waals surface area contributed by atoms with Crippen LogP contribution >= 0.6 is 0 Å². The summed E-state index contributed by atoms with van der Waals surface area (Å²) in [4.78, 5) is 10.6. The van der Waals surface area contributed by atoms with Crippen molar-refractivity contribution in [2.75, 3.05) is 0 Å². The fourth-order valence-electron chi connectivity index (χ4n) is 1.10. The van der Waals surface area contributed by atoms with Gasteiger partial charge >= 0.3 is 0 Å². The molecule has 0 amide bonds. The first-order chi connectivity index (χ1) is 3.75. The summed E-state index contributed by atoms with van der Waals surface area (Å²) in [7, 11) is 0. The molecule has 1 aliphatic carbocycles. The number of rotatable bonds is 1. The predicted molar refractivity (Wildman–Crippen MR) is 32.5 cm³/mol. The SMILES string of the molecule is C=C[C@H]1C(=O)C[C@H]1C. The fraction of sp³-hybridized carbons (Fsp3) is 0.571. The zero-order chi connectivity index (χ0) is 6.15. The van der Waals surface area contributed by atoms with Crippen molar-refractivity contribution in [2.45, 2.75) is 13.3 Å². The van der Waals surface area contributed by atoms with Gasteiger partial charge in [-0.05, 0) is 5.92 Å². The molecule has 8 heavy (non-hydrogen) atoms. The summed E-state index contributed by atoms with van der Waals surface area (Å²) in [6.45, 7) is 5.64. The molecule has 0 saturated heterocycles. The van der Waals surface area contributed by atoms with Gasteiger partial charge in [0.1, 0.15) is 5.78 Å². The van der Waals surface area contributed by atoms with E-state index in [4.69, 9.17) is 0 Å². The molecule has 0 heterocycles. The zero-order valence-electron chi connectivity index (χ0n) is 5.05. The molecule has 44 valence electrons. The smallest absolute Gasteiger partial charge is 0.140 e. The van der Waals surface area contributed by atoms with Crippen molar-refractivity contribution in [3.63, 3.8) is 0 Å². The van der Waals surface area contributed by atoms with Gasteiger partial charge in [0.2, 0.25) is 0 Å². The maximum absolute atomic E-state index is 10.6. The van der Waals surface area contributed by atoms with E-state index < -0.39 is 0 Å². The van der Waals surface area contributed by atoms with Crippen LogP contribution in [-0.4, -0.2) is 5.78 Å². The lowest BCUT2D eigenvalue weighted by molar-refractivity contribution is -0.130. The van der Waals surface area contributed by atoms with Crippen molar-refractivity contribution in [3.05, 3.63) is 12.7 Å². The minimum Gasteiger partial charge on any atom is -0.299 e. The Hall–Kier alpha value is -0.590. The van der Waals surface area contributed by atoms with Crippen molar-refractivity contribution in [1.82, 2.24) is 0 Å². The van der Waals surface area contributed by atoms with E-state index in [1.807, 2.05) is 0 Å². The second kappa shape index (κ2) is 1.73. The van der Waals surface area contributed by atoms with E-state index >= 15 is 0 Å². The van der Waals surface area contributed by atoms with Crippen LogP contribution < -0.4 is 0 Å². The highest BCUT2D eigenvalue weighted by atomic mass is 16.1. The Balaban J connectivity index is 2.52. The van der Waals surface area contributed by atoms with Crippen LogP contribution in [-0.2, 0) is 4.79 Å². The lowest BCUT2D eigenvalue weighted by Gasteiger charge is -2.28. The van der Waals surface area contributed by atoms with E-state index in [2.05, 4.69) is 13.5 Å². The maximum atomic E-state index is 10.6. The van der Waals surface area contributed by atoms with Gasteiger partial charge in [-0.3, -0.25) is 4.79 Å². The second-order valence-corrected chi connectivity index (χ2v) is 2.41. The lowest BCUT2D eigenvalue weighted by atomic mass is 9.74. The van der Waals surface area contributed by atoms with E-state index in [1.54, 1.807) is 6.08 Å². The van der Waals surface area contributed by atoms with Gasteiger partial charge in [0.15, 0.2) is 0 Å². The number of allylic oxidation sites excluding steroid dienone is 1. The van der Waals surface area contributed by atoms with Crippen LogP contribution in [0.3, 0.4) is 0 Å². The van der Waals surface area contributed by atoms with Gasteiger partial charge in [0.05, 0.1) is 0 Å². The van der Waals surface area contributed by atoms with Gasteiger partial charge in [-0.2, -0.15) is 0 Å². The Morgan fingerprint density at radius 3 is 2.62 bits per heavy atom. The molecular weight excluding hydrogens is 100 g/mol. The van der Waals surface area contributed by atoms with Crippen molar-refractivity contribution in [1.29, 1.82) is 0 Å². The molecule has 0 radical (unpaired) electrons. The summed E-state index contributed by atoms with van der Waals surface area (Å²) in [6.07, 6.45) is 2.51. The standard InChI is InChI=1S/C7H10O/c1-3-6-5(2)4-7(6)8/h3,5-6H,1,4H2,2H3/t5-,6-/m1/s1. The summed E-state index contributed by atoms with van der Waals surface area (Å²) in [5.74, 6) is 1.09. The third-order valence-corrected chi connectivity index (χ3v) is 1.76. The van der Waals surface area contributed by atoms with Crippen LogP contribution in [0.1, 0.15) is 13.3 Å². The number of Topliss-reactive ketones (excluding diaryl/α,β-unsaturated/α-hetero) is 1. The van der Waals surface area contributed by atoms with Crippen molar-refractivity contribution >= 4 is 5.78 Å². The van der Waals surface area contributed by atoms with Crippen LogP contribution in [0, 0.1) is 11.8 Å². The number of hydrogen-bond donors (Lipinski definition) is 0. The maximum Gasteiger partial charge on any atom is 0.140 e. The van der Waals surface area contributed by atoms with Gasteiger partial charge < -0.3 is 0 Å². The second-order valence-electron chi connectivity index (χ2n) is 2.41. The lowest BCUT2D eigenvalue weighted by Crippen LogP contribution is -2.33. The number of carbonyl (C=O) groups excluding carboxylic acids is 1. The van der Waals surface area contributed by atoms with E-state index in [0.29, 0.717) is 11.7 Å². The average Bonchev–Trinajstić information content (AvgIpc) is 1.67. The monoisotopic (exact) mass is 110 g/mol.